The van der Waals surface area contributed by atoms with Crippen LogP contribution in [0, 0.1) is 6.92 Å². The number of aryl methyl sites for hydroxylation is 1. The van der Waals surface area contributed by atoms with E-state index >= 15 is 0 Å². The maximum atomic E-state index is 11.9. The number of hydrogen-bond donors (Lipinski definition) is 1. The van der Waals surface area contributed by atoms with Crippen molar-refractivity contribution in [2.45, 2.75) is 25.6 Å². The molecule has 2 N–H and O–H groups in total. The molecule has 1 heterocycles. The van der Waals surface area contributed by atoms with E-state index < -0.39 is 18.6 Å². The standard InChI is InChI=1S/C8H10F3NS/c1-5-2-3-7(13-5)6(12)4-8(9,10)11/h2-3,6H,4,12H2,1H3/t6-/m0/s1. The minimum Gasteiger partial charge on any atom is -0.323 e. The molecule has 0 saturated carbocycles. The number of nitrogens with two attached hydrogens (primary N) is 1. The molecule has 1 rings (SSSR count). The van der Waals surface area contributed by atoms with E-state index in [1.54, 1.807) is 12.1 Å². The van der Waals surface area contributed by atoms with E-state index in [1.807, 2.05) is 6.92 Å². The van der Waals surface area contributed by atoms with Gasteiger partial charge in [0, 0.05) is 15.8 Å². The fourth-order valence-corrected chi connectivity index (χ4v) is 1.88. The third-order valence-corrected chi connectivity index (χ3v) is 2.71. The van der Waals surface area contributed by atoms with Gasteiger partial charge < -0.3 is 5.73 Å². The quantitative estimate of drug-likeness (QED) is 0.796. The van der Waals surface area contributed by atoms with Crippen LogP contribution in [0.25, 0.3) is 0 Å². The van der Waals surface area contributed by atoms with Gasteiger partial charge in [0.25, 0.3) is 0 Å². The van der Waals surface area contributed by atoms with Crippen LogP contribution in [0.3, 0.4) is 0 Å². The average molecular weight is 209 g/mol. The lowest BCUT2D eigenvalue weighted by atomic mass is 10.2. The van der Waals surface area contributed by atoms with Gasteiger partial charge in [-0.2, -0.15) is 13.2 Å². The molecule has 0 unspecified atom stereocenters. The number of rotatable bonds is 2. The van der Waals surface area contributed by atoms with Gasteiger partial charge in [0.05, 0.1) is 6.42 Å². The van der Waals surface area contributed by atoms with E-state index in [4.69, 9.17) is 5.73 Å². The van der Waals surface area contributed by atoms with Gasteiger partial charge in [-0.05, 0) is 19.1 Å². The summed E-state index contributed by atoms with van der Waals surface area (Å²) in [7, 11) is 0. The smallest absolute Gasteiger partial charge is 0.323 e. The molecule has 1 aromatic heterocycles. The topological polar surface area (TPSA) is 26.0 Å². The van der Waals surface area contributed by atoms with Crippen LogP contribution in [0.15, 0.2) is 12.1 Å². The monoisotopic (exact) mass is 209 g/mol. The minimum absolute atomic E-state index is 0.592. The molecule has 0 bridgehead atoms. The highest BCUT2D eigenvalue weighted by molar-refractivity contribution is 7.12. The SMILES string of the molecule is Cc1ccc([C@@H](N)CC(F)(F)F)s1. The van der Waals surface area contributed by atoms with Crippen molar-refractivity contribution < 1.29 is 13.2 Å². The maximum absolute atomic E-state index is 11.9. The molecular weight excluding hydrogens is 199 g/mol. The van der Waals surface area contributed by atoms with E-state index in [0.29, 0.717) is 4.88 Å². The Labute approximate surface area is 78.4 Å². The molecule has 1 aromatic rings. The summed E-state index contributed by atoms with van der Waals surface area (Å²) in [5.74, 6) is 0. The Hall–Kier alpha value is -0.550. The first-order chi connectivity index (χ1) is 5.88. The molecule has 0 spiro atoms. The number of alkyl halides is 3. The van der Waals surface area contributed by atoms with Crippen molar-refractivity contribution in [1.82, 2.24) is 0 Å². The van der Waals surface area contributed by atoms with Crippen molar-refractivity contribution in [2.24, 2.45) is 5.73 Å². The van der Waals surface area contributed by atoms with Crippen molar-refractivity contribution in [3.8, 4) is 0 Å². The molecule has 1 nitrogen and oxygen atoms in total. The normalized spacial score (nSPS) is 14.5. The fraction of sp³-hybridized carbons (Fsp3) is 0.500. The second-order valence-electron chi connectivity index (χ2n) is 2.87. The summed E-state index contributed by atoms with van der Waals surface area (Å²) >= 11 is 1.31. The van der Waals surface area contributed by atoms with Crippen molar-refractivity contribution in [3.63, 3.8) is 0 Å². The lowest BCUT2D eigenvalue weighted by Crippen LogP contribution is -2.19. The van der Waals surface area contributed by atoms with Gasteiger partial charge in [-0.15, -0.1) is 11.3 Å². The van der Waals surface area contributed by atoms with E-state index in [1.165, 1.54) is 11.3 Å². The van der Waals surface area contributed by atoms with Crippen LogP contribution in [0.4, 0.5) is 13.2 Å². The first-order valence-electron chi connectivity index (χ1n) is 3.77. The van der Waals surface area contributed by atoms with Crippen LogP contribution in [-0.2, 0) is 0 Å². The highest BCUT2D eigenvalue weighted by Crippen LogP contribution is 2.30. The van der Waals surface area contributed by atoms with Crippen molar-refractivity contribution in [1.29, 1.82) is 0 Å². The molecule has 0 fully saturated rings. The summed E-state index contributed by atoms with van der Waals surface area (Å²) in [5.41, 5.74) is 5.38. The predicted octanol–water partition coefficient (Wildman–Crippen LogP) is 3.01. The van der Waals surface area contributed by atoms with Crippen LogP contribution in [0.5, 0.6) is 0 Å². The van der Waals surface area contributed by atoms with Crippen molar-refractivity contribution >= 4 is 11.3 Å². The molecule has 13 heavy (non-hydrogen) atoms. The zero-order chi connectivity index (χ0) is 10.1. The Bertz CT molecular complexity index is 279. The predicted molar refractivity (Wildman–Crippen MR) is 46.7 cm³/mol. The third-order valence-electron chi connectivity index (χ3n) is 1.58. The van der Waals surface area contributed by atoms with Gasteiger partial charge in [-0.25, -0.2) is 0 Å². The zero-order valence-corrected chi connectivity index (χ0v) is 7.88. The Morgan fingerprint density at radius 2 is 2.08 bits per heavy atom. The molecular formula is C8H10F3NS. The van der Waals surface area contributed by atoms with Crippen LogP contribution in [-0.4, -0.2) is 6.18 Å². The van der Waals surface area contributed by atoms with Gasteiger partial charge in [-0.1, -0.05) is 0 Å². The van der Waals surface area contributed by atoms with Crippen LogP contribution in [0.1, 0.15) is 22.2 Å². The summed E-state index contributed by atoms with van der Waals surface area (Å²) in [6.45, 7) is 1.84. The van der Waals surface area contributed by atoms with E-state index in [9.17, 15) is 13.2 Å². The Morgan fingerprint density at radius 1 is 1.46 bits per heavy atom. The second kappa shape index (κ2) is 3.67. The molecule has 0 aliphatic rings. The number of halogens is 3. The molecule has 0 amide bonds. The minimum atomic E-state index is -4.18. The summed E-state index contributed by atoms with van der Waals surface area (Å²) in [4.78, 5) is 1.57. The largest absolute Gasteiger partial charge is 0.390 e. The number of thiophene rings is 1. The first kappa shape index (κ1) is 10.5. The Kier molecular flexibility index (Phi) is 2.98. The Balaban J connectivity index is 2.64. The van der Waals surface area contributed by atoms with E-state index in [-0.39, 0.29) is 0 Å². The molecule has 74 valence electrons. The molecule has 0 aliphatic heterocycles. The Morgan fingerprint density at radius 3 is 2.46 bits per heavy atom. The van der Waals surface area contributed by atoms with Gasteiger partial charge in [-0.3, -0.25) is 0 Å². The second-order valence-corrected chi connectivity index (χ2v) is 4.19. The lowest BCUT2D eigenvalue weighted by molar-refractivity contribution is -0.138. The molecule has 0 saturated heterocycles. The molecule has 0 radical (unpaired) electrons. The molecule has 5 heteroatoms. The first-order valence-corrected chi connectivity index (χ1v) is 4.59. The summed E-state index contributed by atoms with van der Waals surface area (Å²) < 4.78 is 35.8. The zero-order valence-electron chi connectivity index (χ0n) is 7.06. The summed E-state index contributed by atoms with van der Waals surface area (Å²) in [6.07, 6.45) is -5.13. The lowest BCUT2D eigenvalue weighted by Gasteiger charge is -2.11. The highest BCUT2D eigenvalue weighted by atomic mass is 32.1. The van der Waals surface area contributed by atoms with Crippen LogP contribution >= 0.6 is 11.3 Å². The van der Waals surface area contributed by atoms with Gasteiger partial charge in [0.2, 0.25) is 0 Å². The molecule has 1 atom stereocenters. The summed E-state index contributed by atoms with van der Waals surface area (Å²) in [6, 6.07) is 2.51. The van der Waals surface area contributed by atoms with E-state index in [2.05, 4.69) is 0 Å². The maximum Gasteiger partial charge on any atom is 0.390 e. The van der Waals surface area contributed by atoms with Gasteiger partial charge in [0.15, 0.2) is 0 Å². The van der Waals surface area contributed by atoms with E-state index in [0.717, 1.165) is 4.88 Å². The fourth-order valence-electron chi connectivity index (χ4n) is 1.00. The van der Waals surface area contributed by atoms with Gasteiger partial charge >= 0.3 is 6.18 Å². The summed E-state index contributed by atoms with van der Waals surface area (Å²) in [5, 5.41) is 0. The van der Waals surface area contributed by atoms with Gasteiger partial charge in [0.1, 0.15) is 0 Å². The average Bonchev–Trinajstić information content (AvgIpc) is 2.31. The van der Waals surface area contributed by atoms with Crippen molar-refractivity contribution in [3.05, 3.63) is 21.9 Å². The number of hydrogen-bond acceptors (Lipinski definition) is 2. The third kappa shape index (κ3) is 3.36. The highest BCUT2D eigenvalue weighted by Gasteiger charge is 2.31. The van der Waals surface area contributed by atoms with Crippen LogP contribution < -0.4 is 5.73 Å². The molecule has 0 aromatic carbocycles. The van der Waals surface area contributed by atoms with Crippen LogP contribution in [0.2, 0.25) is 0 Å². The molecule has 0 aliphatic carbocycles. The van der Waals surface area contributed by atoms with Crippen molar-refractivity contribution in [2.75, 3.05) is 0 Å².